The van der Waals surface area contributed by atoms with Crippen LogP contribution in [0.1, 0.15) is 28.6 Å². The fourth-order valence-electron chi connectivity index (χ4n) is 3.11. The predicted molar refractivity (Wildman–Crippen MR) is 84.3 cm³/mol. The van der Waals surface area contributed by atoms with Crippen molar-refractivity contribution in [3.05, 3.63) is 47.5 Å². The molecule has 7 heteroatoms. The van der Waals surface area contributed by atoms with Gasteiger partial charge in [-0.05, 0) is 24.1 Å². The molecule has 6 nitrogen and oxygen atoms in total. The lowest BCUT2D eigenvalue weighted by Gasteiger charge is -2.40. The number of benzene rings is 1. The topological polar surface area (TPSA) is 58.8 Å². The van der Waals surface area contributed by atoms with Crippen LogP contribution in [0.3, 0.4) is 0 Å². The van der Waals surface area contributed by atoms with Crippen LogP contribution in [0.5, 0.6) is 0 Å². The smallest absolute Gasteiger partial charge is 0.293 e. The molecule has 0 bridgehead atoms. The molecule has 0 N–H and O–H groups in total. The molecule has 126 valence electrons. The lowest BCUT2D eigenvalue weighted by Crippen LogP contribution is -2.45. The van der Waals surface area contributed by atoms with Crippen LogP contribution in [0.4, 0.5) is 10.2 Å². The number of morpholine rings is 1. The Kier molecular flexibility index (Phi) is 3.93. The van der Waals surface area contributed by atoms with Gasteiger partial charge < -0.3 is 19.1 Å². The molecular formula is C17H18FN3O3. The minimum atomic E-state index is -0.277. The molecule has 1 aromatic carbocycles. The van der Waals surface area contributed by atoms with Crippen LogP contribution in [0.2, 0.25) is 0 Å². The van der Waals surface area contributed by atoms with E-state index in [-0.39, 0.29) is 23.5 Å². The summed E-state index contributed by atoms with van der Waals surface area (Å²) < 4.78 is 23.6. The van der Waals surface area contributed by atoms with Crippen LogP contribution < -0.4 is 4.90 Å². The first kappa shape index (κ1) is 15.1. The van der Waals surface area contributed by atoms with E-state index in [1.54, 1.807) is 23.1 Å². The van der Waals surface area contributed by atoms with Gasteiger partial charge in [-0.15, -0.1) is 0 Å². The Balaban J connectivity index is 1.47. The largest absolute Gasteiger partial charge is 0.378 e. The molecule has 2 saturated heterocycles. The van der Waals surface area contributed by atoms with E-state index in [1.165, 1.54) is 12.1 Å². The van der Waals surface area contributed by atoms with Crippen molar-refractivity contribution in [3.63, 3.8) is 0 Å². The van der Waals surface area contributed by atoms with Crippen LogP contribution in [-0.4, -0.2) is 48.8 Å². The molecule has 1 unspecified atom stereocenters. The van der Waals surface area contributed by atoms with Gasteiger partial charge in [-0.25, -0.2) is 4.39 Å². The Morgan fingerprint density at radius 2 is 1.92 bits per heavy atom. The number of anilines is 1. The van der Waals surface area contributed by atoms with Gasteiger partial charge in [0.1, 0.15) is 5.82 Å². The molecule has 24 heavy (non-hydrogen) atoms. The van der Waals surface area contributed by atoms with Crippen molar-refractivity contribution < 1.29 is 18.4 Å². The number of hydrogen-bond acceptors (Lipinski definition) is 5. The summed E-state index contributed by atoms with van der Waals surface area (Å²) in [7, 11) is 0. The maximum absolute atomic E-state index is 13.1. The van der Waals surface area contributed by atoms with Crippen molar-refractivity contribution in [1.29, 1.82) is 0 Å². The lowest BCUT2D eigenvalue weighted by molar-refractivity contribution is 0.0418. The van der Waals surface area contributed by atoms with Crippen molar-refractivity contribution in [2.75, 3.05) is 37.7 Å². The van der Waals surface area contributed by atoms with Crippen molar-refractivity contribution >= 4 is 11.7 Å². The monoisotopic (exact) mass is 331 g/mol. The van der Waals surface area contributed by atoms with Gasteiger partial charge in [-0.3, -0.25) is 4.79 Å². The standard InChI is InChI=1S/C17H18FN3O3/c18-13-3-1-12(2-4-13)14-5-6-21(14)17(22)15-11-16(19-24-15)20-7-9-23-10-8-20/h1-4,11,14H,5-10H2. The van der Waals surface area contributed by atoms with E-state index in [4.69, 9.17) is 9.26 Å². The summed E-state index contributed by atoms with van der Waals surface area (Å²) in [5.41, 5.74) is 0.934. The molecule has 0 spiro atoms. The number of likely N-dealkylation sites (tertiary alicyclic amines) is 1. The first-order chi connectivity index (χ1) is 11.7. The number of halogens is 1. The highest BCUT2D eigenvalue weighted by Gasteiger charge is 2.36. The highest BCUT2D eigenvalue weighted by molar-refractivity contribution is 5.93. The molecule has 4 rings (SSSR count). The SMILES string of the molecule is O=C(c1cc(N2CCOCC2)no1)N1CCC1c1ccc(F)cc1. The average Bonchev–Trinajstić information content (AvgIpc) is 3.07. The maximum atomic E-state index is 13.1. The summed E-state index contributed by atoms with van der Waals surface area (Å²) in [5.74, 6) is 0.452. The number of amides is 1. The molecule has 0 aliphatic carbocycles. The second-order valence-electron chi connectivity index (χ2n) is 6.00. The van der Waals surface area contributed by atoms with E-state index in [0.29, 0.717) is 25.6 Å². The molecule has 2 aliphatic heterocycles. The van der Waals surface area contributed by atoms with E-state index < -0.39 is 0 Å². The Morgan fingerprint density at radius 1 is 1.17 bits per heavy atom. The first-order valence-corrected chi connectivity index (χ1v) is 8.08. The van der Waals surface area contributed by atoms with Gasteiger partial charge in [0.05, 0.1) is 19.3 Å². The van der Waals surface area contributed by atoms with Gasteiger partial charge in [0, 0.05) is 25.7 Å². The van der Waals surface area contributed by atoms with Crippen LogP contribution in [0, 0.1) is 5.82 Å². The van der Waals surface area contributed by atoms with E-state index >= 15 is 0 Å². The van der Waals surface area contributed by atoms with Gasteiger partial charge >= 0.3 is 0 Å². The molecule has 2 aliphatic rings. The third kappa shape index (κ3) is 2.75. The zero-order valence-corrected chi connectivity index (χ0v) is 13.2. The molecule has 1 atom stereocenters. The maximum Gasteiger partial charge on any atom is 0.293 e. The van der Waals surface area contributed by atoms with Crippen molar-refractivity contribution in [3.8, 4) is 0 Å². The molecule has 0 saturated carbocycles. The molecular weight excluding hydrogens is 313 g/mol. The van der Waals surface area contributed by atoms with E-state index in [9.17, 15) is 9.18 Å². The minimum absolute atomic E-state index is 0.0324. The number of carbonyl (C=O) groups excluding carboxylic acids is 1. The van der Waals surface area contributed by atoms with Crippen molar-refractivity contribution in [1.82, 2.24) is 10.1 Å². The second-order valence-corrected chi connectivity index (χ2v) is 6.00. The van der Waals surface area contributed by atoms with Gasteiger partial charge in [0.25, 0.3) is 5.91 Å². The number of ether oxygens (including phenoxy) is 1. The second kappa shape index (κ2) is 6.24. The number of nitrogens with zero attached hydrogens (tertiary/aromatic N) is 3. The normalized spacial score (nSPS) is 20.8. The van der Waals surface area contributed by atoms with Crippen molar-refractivity contribution in [2.45, 2.75) is 12.5 Å². The van der Waals surface area contributed by atoms with Crippen LogP contribution in [-0.2, 0) is 4.74 Å². The Morgan fingerprint density at radius 3 is 2.58 bits per heavy atom. The van der Waals surface area contributed by atoms with Crippen LogP contribution in [0.15, 0.2) is 34.9 Å². The zero-order chi connectivity index (χ0) is 16.5. The molecule has 2 fully saturated rings. The summed E-state index contributed by atoms with van der Waals surface area (Å²) in [4.78, 5) is 16.4. The zero-order valence-electron chi connectivity index (χ0n) is 13.2. The van der Waals surface area contributed by atoms with Gasteiger partial charge in [0.2, 0.25) is 5.76 Å². The van der Waals surface area contributed by atoms with Gasteiger partial charge in [0.15, 0.2) is 5.82 Å². The third-order valence-corrected chi connectivity index (χ3v) is 4.58. The Labute approximate surface area is 138 Å². The van der Waals surface area contributed by atoms with Crippen LogP contribution >= 0.6 is 0 Å². The highest BCUT2D eigenvalue weighted by Crippen LogP contribution is 2.35. The highest BCUT2D eigenvalue weighted by atomic mass is 19.1. The number of carbonyl (C=O) groups is 1. The molecule has 1 aromatic heterocycles. The summed E-state index contributed by atoms with van der Waals surface area (Å²) in [5, 5.41) is 4.01. The summed E-state index contributed by atoms with van der Waals surface area (Å²) >= 11 is 0. The predicted octanol–water partition coefficient (Wildman–Crippen LogP) is 2.24. The Hall–Kier alpha value is -2.41. The number of rotatable bonds is 3. The minimum Gasteiger partial charge on any atom is -0.378 e. The number of aromatic nitrogens is 1. The fourth-order valence-corrected chi connectivity index (χ4v) is 3.11. The molecule has 3 heterocycles. The van der Waals surface area contributed by atoms with Crippen LogP contribution in [0.25, 0.3) is 0 Å². The molecule has 1 amide bonds. The first-order valence-electron chi connectivity index (χ1n) is 8.08. The summed E-state index contributed by atoms with van der Waals surface area (Å²) in [6, 6.07) is 7.93. The van der Waals surface area contributed by atoms with Gasteiger partial charge in [-0.1, -0.05) is 17.3 Å². The molecule has 2 aromatic rings. The van der Waals surface area contributed by atoms with Crippen molar-refractivity contribution in [2.24, 2.45) is 0 Å². The summed E-state index contributed by atoms with van der Waals surface area (Å²) in [6.45, 7) is 3.43. The quantitative estimate of drug-likeness (QED) is 0.863. The van der Waals surface area contributed by atoms with E-state index in [1.807, 2.05) is 4.90 Å². The van der Waals surface area contributed by atoms with E-state index in [0.717, 1.165) is 25.1 Å². The lowest BCUT2D eigenvalue weighted by atomic mass is 9.94. The average molecular weight is 331 g/mol. The molecule has 0 radical (unpaired) electrons. The van der Waals surface area contributed by atoms with Gasteiger partial charge in [-0.2, -0.15) is 0 Å². The Bertz CT molecular complexity index is 725. The summed E-state index contributed by atoms with van der Waals surface area (Å²) in [6.07, 6.45) is 0.863. The number of hydrogen-bond donors (Lipinski definition) is 0. The third-order valence-electron chi connectivity index (χ3n) is 4.58. The van der Waals surface area contributed by atoms with E-state index in [2.05, 4.69) is 5.16 Å². The fraction of sp³-hybridized carbons (Fsp3) is 0.412.